The van der Waals surface area contributed by atoms with E-state index in [-0.39, 0.29) is 25.8 Å². The van der Waals surface area contributed by atoms with Crippen molar-refractivity contribution < 1.29 is 23.8 Å². The van der Waals surface area contributed by atoms with Crippen LogP contribution in [0.1, 0.15) is 113 Å². The highest BCUT2D eigenvalue weighted by atomic mass is 31.2. The predicted molar refractivity (Wildman–Crippen MR) is 175 cm³/mol. The summed E-state index contributed by atoms with van der Waals surface area (Å²) in [6.07, 6.45) is 5.01. The monoisotopic (exact) mass is 593 g/mol. The Labute approximate surface area is 253 Å². The van der Waals surface area contributed by atoms with Gasteiger partial charge >= 0.3 is 11.9 Å². The lowest BCUT2D eigenvalue weighted by atomic mass is 9.77. The van der Waals surface area contributed by atoms with Crippen molar-refractivity contribution in [3.63, 3.8) is 0 Å². The minimum atomic E-state index is -1.14. The first-order chi connectivity index (χ1) is 18.4. The van der Waals surface area contributed by atoms with Gasteiger partial charge in [-0.2, -0.15) is 0 Å². The SMILES string of the molecule is CCC(C)(C)OCC(C)(COC(=O)C(C)(C)CC)C(=O)OCc1ccc(C[P+](C)(C)CC(C)(C)CC(C)(C)C)cc1. The van der Waals surface area contributed by atoms with Gasteiger partial charge in [-0.25, -0.2) is 0 Å². The van der Waals surface area contributed by atoms with Crippen molar-refractivity contribution in [2.24, 2.45) is 21.7 Å². The Hall–Kier alpha value is -1.45. The first-order valence-electron chi connectivity index (χ1n) is 15.3. The van der Waals surface area contributed by atoms with Crippen molar-refractivity contribution in [1.82, 2.24) is 0 Å². The molecule has 1 unspecified atom stereocenters. The number of ether oxygens (including phenoxy) is 3. The fourth-order valence-corrected chi connectivity index (χ4v) is 9.19. The zero-order valence-corrected chi connectivity index (χ0v) is 29.8. The van der Waals surface area contributed by atoms with Crippen LogP contribution < -0.4 is 0 Å². The Morgan fingerprint density at radius 1 is 0.732 bits per heavy atom. The normalized spacial score (nSPS) is 14.9. The number of esters is 2. The number of rotatable bonds is 16. The van der Waals surface area contributed by atoms with Crippen molar-refractivity contribution in [3.05, 3.63) is 35.4 Å². The maximum Gasteiger partial charge on any atom is 0.317 e. The van der Waals surface area contributed by atoms with Gasteiger partial charge in [-0.3, -0.25) is 9.59 Å². The average Bonchev–Trinajstić information content (AvgIpc) is 2.82. The molecule has 0 fully saturated rings. The van der Waals surface area contributed by atoms with Gasteiger partial charge in [0.1, 0.15) is 18.6 Å². The zero-order chi connectivity index (χ0) is 31.9. The molecular formula is C35H62O5P+. The Bertz CT molecular complexity index is 985. The van der Waals surface area contributed by atoms with Gasteiger partial charge in [-0.05, 0) is 75.8 Å². The fourth-order valence-electron chi connectivity index (χ4n) is 5.45. The molecular weight excluding hydrogens is 531 g/mol. The fraction of sp³-hybridized carbons (Fsp3) is 0.771. The van der Waals surface area contributed by atoms with E-state index < -0.39 is 29.7 Å². The molecule has 0 amide bonds. The van der Waals surface area contributed by atoms with E-state index in [4.69, 9.17) is 14.2 Å². The third kappa shape index (κ3) is 13.6. The lowest BCUT2D eigenvalue weighted by Gasteiger charge is -2.35. The highest BCUT2D eigenvalue weighted by Crippen LogP contribution is 2.59. The summed E-state index contributed by atoms with van der Waals surface area (Å²) in [4.78, 5) is 26.0. The summed E-state index contributed by atoms with van der Waals surface area (Å²) in [6, 6.07) is 8.45. The van der Waals surface area contributed by atoms with E-state index in [1.165, 1.54) is 18.1 Å². The number of hydrogen-bond donors (Lipinski definition) is 0. The number of hydrogen-bond acceptors (Lipinski definition) is 5. The van der Waals surface area contributed by atoms with Crippen LogP contribution in [0.2, 0.25) is 0 Å². The summed E-state index contributed by atoms with van der Waals surface area (Å²) < 4.78 is 17.5. The van der Waals surface area contributed by atoms with Crippen LogP contribution in [0.15, 0.2) is 24.3 Å². The molecule has 5 nitrogen and oxygen atoms in total. The van der Waals surface area contributed by atoms with Gasteiger partial charge in [-0.1, -0.05) is 72.7 Å². The number of benzene rings is 1. The standard InChI is InChI=1S/C35H62O5P/c1-15-33(8,9)29(36)39-24-35(12,25-40-34(10,11)16-2)30(37)38-21-27-17-19-28(20-18-27)22-41(13,14)26-32(6,7)23-31(3,4)5/h17-20H,15-16,21-26H2,1-14H3/q+1. The Morgan fingerprint density at radius 3 is 1.76 bits per heavy atom. The Balaban J connectivity index is 2.90. The largest absolute Gasteiger partial charge is 0.464 e. The molecule has 0 heterocycles. The van der Waals surface area contributed by atoms with Crippen molar-refractivity contribution in [2.75, 3.05) is 32.7 Å². The second kappa shape index (κ2) is 14.3. The molecule has 41 heavy (non-hydrogen) atoms. The number of carbonyl (C=O) groups is 2. The van der Waals surface area contributed by atoms with Gasteiger partial charge in [0.05, 0.1) is 29.9 Å². The maximum atomic E-state index is 13.4. The predicted octanol–water partition coefficient (Wildman–Crippen LogP) is 9.16. The maximum absolute atomic E-state index is 13.4. The summed E-state index contributed by atoms with van der Waals surface area (Å²) in [5, 5.41) is 0. The molecule has 1 aromatic rings. The molecule has 0 radical (unpaired) electrons. The first-order valence-corrected chi connectivity index (χ1v) is 18.4. The smallest absolute Gasteiger partial charge is 0.317 e. The van der Waals surface area contributed by atoms with Gasteiger partial charge in [0.2, 0.25) is 0 Å². The van der Waals surface area contributed by atoms with E-state index in [1.54, 1.807) is 6.92 Å². The first kappa shape index (κ1) is 37.6. The van der Waals surface area contributed by atoms with Crippen molar-refractivity contribution in [2.45, 2.75) is 121 Å². The highest BCUT2D eigenvalue weighted by molar-refractivity contribution is 7.73. The second-order valence-electron chi connectivity index (χ2n) is 16.3. The van der Waals surface area contributed by atoms with Crippen LogP contribution >= 0.6 is 7.26 Å². The molecule has 1 atom stereocenters. The van der Waals surface area contributed by atoms with Crippen LogP contribution in [-0.2, 0) is 36.6 Å². The van der Waals surface area contributed by atoms with Crippen LogP contribution in [0.5, 0.6) is 0 Å². The molecule has 0 saturated carbocycles. The number of carbonyl (C=O) groups excluding carboxylic acids is 2. The molecule has 1 rings (SSSR count). The molecule has 0 bridgehead atoms. The highest BCUT2D eigenvalue weighted by Gasteiger charge is 2.41. The van der Waals surface area contributed by atoms with E-state index in [0.717, 1.165) is 18.1 Å². The summed E-state index contributed by atoms with van der Waals surface area (Å²) in [5.74, 6) is -0.749. The molecule has 0 spiro atoms. The molecule has 236 valence electrons. The molecule has 0 aliphatic heterocycles. The van der Waals surface area contributed by atoms with Crippen molar-refractivity contribution >= 4 is 19.2 Å². The summed E-state index contributed by atoms with van der Waals surface area (Å²) in [6.45, 7) is 30.3. The topological polar surface area (TPSA) is 61.8 Å². The van der Waals surface area contributed by atoms with E-state index in [0.29, 0.717) is 17.3 Å². The van der Waals surface area contributed by atoms with E-state index in [2.05, 4.69) is 72.2 Å². The van der Waals surface area contributed by atoms with Crippen LogP contribution in [0.3, 0.4) is 0 Å². The lowest BCUT2D eigenvalue weighted by Crippen LogP contribution is -2.43. The molecule has 6 heteroatoms. The molecule has 0 aromatic heterocycles. The molecule has 0 aliphatic rings. The average molecular weight is 594 g/mol. The zero-order valence-electron chi connectivity index (χ0n) is 29.0. The molecule has 0 N–H and O–H groups in total. The van der Waals surface area contributed by atoms with Crippen LogP contribution in [0, 0.1) is 21.7 Å². The van der Waals surface area contributed by atoms with Crippen LogP contribution in [0.25, 0.3) is 0 Å². The van der Waals surface area contributed by atoms with Crippen molar-refractivity contribution in [1.29, 1.82) is 0 Å². The Morgan fingerprint density at radius 2 is 1.27 bits per heavy atom. The minimum Gasteiger partial charge on any atom is -0.464 e. The van der Waals surface area contributed by atoms with Gasteiger partial charge in [0.25, 0.3) is 0 Å². The van der Waals surface area contributed by atoms with Gasteiger partial charge in [0.15, 0.2) is 0 Å². The third-order valence-corrected chi connectivity index (χ3v) is 10.9. The molecule has 1 aromatic carbocycles. The molecule has 0 aliphatic carbocycles. The summed E-state index contributed by atoms with van der Waals surface area (Å²) in [7, 11) is -1.14. The van der Waals surface area contributed by atoms with E-state index in [9.17, 15) is 9.59 Å². The minimum absolute atomic E-state index is 0.0861. The van der Waals surface area contributed by atoms with Crippen molar-refractivity contribution in [3.8, 4) is 0 Å². The van der Waals surface area contributed by atoms with E-state index >= 15 is 0 Å². The summed E-state index contributed by atoms with van der Waals surface area (Å²) in [5.41, 5.74) is 0.776. The molecule has 0 saturated heterocycles. The quantitative estimate of drug-likeness (QED) is 0.141. The van der Waals surface area contributed by atoms with Gasteiger partial charge < -0.3 is 14.2 Å². The van der Waals surface area contributed by atoms with Crippen LogP contribution in [0.4, 0.5) is 0 Å². The third-order valence-electron chi connectivity index (χ3n) is 7.95. The second-order valence-corrected chi connectivity index (χ2v) is 20.8. The van der Waals surface area contributed by atoms with Gasteiger partial charge in [0, 0.05) is 20.6 Å². The van der Waals surface area contributed by atoms with Gasteiger partial charge in [-0.15, -0.1) is 0 Å². The Kier molecular flexibility index (Phi) is 13.1. The van der Waals surface area contributed by atoms with E-state index in [1.807, 2.05) is 41.5 Å². The summed E-state index contributed by atoms with van der Waals surface area (Å²) >= 11 is 0. The lowest BCUT2D eigenvalue weighted by molar-refractivity contribution is -0.176. The van der Waals surface area contributed by atoms with Crippen LogP contribution in [-0.4, -0.2) is 50.2 Å².